The molecule has 2 fully saturated rings. The number of aliphatic hydroxyl groups is 1. The maximum Gasteiger partial charge on any atom is 0.253 e. The Morgan fingerprint density at radius 2 is 1.93 bits per heavy atom. The third-order valence-corrected chi connectivity index (χ3v) is 6.59. The van der Waals surface area contributed by atoms with Crippen molar-refractivity contribution in [1.82, 2.24) is 9.80 Å². The molecule has 5 heteroatoms. The predicted octanol–water partition coefficient (Wildman–Crippen LogP) is 3.41. The maximum atomic E-state index is 13.2. The van der Waals surface area contributed by atoms with Crippen LogP contribution in [0.25, 0.3) is 11.1 Å². The Kier molecular flexibility index (Phi) is 5.21. The fourth-order valence-electron chi connectivity index (χ4n) is 4.86. The van der Waals surface area contributed by atoms with Crippen LogP contribution in [0, 0.1) is 11.2 Å². The van der Waals surface area contributed by atoms with Gasteiger partial charge >= 0.3 is 0 Å². The van der Waals surface area contributed by atoms with E-state index in [-0.39, 0.29) is 29.8 Å². The number of hydrogen-bond acceptors (Lipinski definition) is 3. The summed E-state index contributed by atoms with van der Waals surface area (Å²) in [5.74, 6) is -0.247. The minimum absolute atomic E-state index is 0.0227. The van der Waals surface area contributed by atoms with Gasteiger partial charge < -0.3 is 14.9 Å². The molecule has 4 rings (SSSR count). The summed E-state index contributed by atoms with van der Waals surface area (Å²) in [5.41, 5.74) is 2.36. The van der Waals surface area contributed by atoms with Gasteiger partial charge in [0, 0.05) is 30.1 Å². The maximum absolute atomic E-state index is 13.2. The lowest BCUT2D eigenvalue weighted by Crippen LogP contribution is -2.62. The van der Waals surface area contributed by atoms with Crippen molar-refractivity contribution in [2.24, 2.45) is 5.41 Å². The number of likely N-dealkylation sites (N-methyl/N-ethyl adjacent to an activating group) is 1. The van der Waals surface area contributed by atoms with E-state index in [0.29, 0.717) is 18.7 Å². The van der Waals surface area contributed by atoms with Crippen LogP contribution in [0.1, 0.15) is 29.6 Å². The van der Waals surface area contributed by atoms with Gasteiger partial charge in [0.1, 0.15) is 5.82 Å². The van der Waals surface area contributed by atoms with Crippen molar-refractivity contribution in [1.29, 1.82) is 0 Å². The van der Waals surface area contributed by atoms with E-state index in [0.717, 1.165) is 36.9 Å². The zero-order chi connectivity index (χ0) is 19.7. The molecule has 0 saturated carbocycles. The summed E-state index contributed by atoms with van der Waals surface area (Å²) in [5, 5.41) is 10.1. The number of aliphatic hydroxyl groups excluding tert-OH is 1. The van der Waals surface area contributed by atoms with Crippen LogP contribution in [-0.4, -0.2) is 60.1 Å². The van der Waals surface area contributed by atoms with E-state index in [1.807, 2.05) is 29.2 Å². The van der Waals surface area contributed by atoms with Gasteiger partial charge in [-0.05, 0) is 68.2 Å². The van der Waals surface area contributed by atoms with Gasteiger partial charge in [-0.25, -0.2) is 4.39 Å². The number of nitrogens with zero attached hydrogens (tertiary/aromatic N) is 2. The van der Waals surface area contributed by atoms with E-state index in [9.17, 15) is 14.3 Å². The lowest BCUT2D eigenvalue weighted by atomic mass is 9.69. The fourth-order valence-corrected chi connectivity index (χ4v) is 4.86. The van der Waals surface area contributed by atoms with Crippen molar-refractivity contribution in [3.63, 3.8) is 0 Å². The van der Waals surface area contributed by atoms with E-state index in [1.165, 1.54) is 12.1 Å². The fraction of sp³-hybridized carbons (Fsp3) is 0.435. The van der Waals surface area contributed by atoms with Crippen LogP contribution in [0.4, 0.5) is 4.39 Å². The number of halogens is 1. The predicted molar refractivity (Wildman–Crippen MR) is 108 cm³/mol. The molecule has 2 aromatic carbocycles. The van der Waals surface area contributed by atoms with Crippen LogP contribution in [0.5, 0.6) is 0 Å². The highest BCUT2D eigenvalue weighted by Crippen LogP contribution is 2.41. The van der Waals surface area contributed by atoms with Gasteiger partial charge in [0.2, 0.25) is 0 Å². The SMILES string of the molecule is CN1CCC[C@]2(CO)CCN(C(=O)c3cccc(-c4ccc(F)cc4)c3)C[C@@H]12. The third-order valence-electron chi connectivity index (χ3n) is 6.59. The lowest BCUT2D eigenvalue weighted by molar-refractivity contribution is -0.0601. The minimum atomic E-state index is -0.270. The van der Waals surface area contributed by atoms with E-state index in [2.05, 4.69) is 11.9 Å². The molecule has 1 amide bonds. The quantitative estimate of drug-likeness (QED) is 0.885. The number of likely N-dealkylation sites (tertiary alicyclic amines) is 2. The Hall–Kier alpha value is -2.24. The molecule has 2 heterocycles. The standard InChI is InChI=1S/C23H27FN2O2/c1-25-12-3-10-23(16-27)11-13-26(15-21(23)25)22(28)19-5-2-4-18(14-19)17-6-8-20(24)9-7-17/h2,4-9,14,21,27H,3,10-13,15-16H2,1H3/t21-,23-/m1/s1. The zero-order valence-electron chi connectivity index (χ0n) is 16.3. The highest BCUT2D eigenvalue weighted by atomic mass is 19.1. The zero-order valence-corrected chi connectivity index (χ0v) is 16.3. The van der Waals surface area contributed by atoms with Gasteiger partial charge in [-0.1, -0.05) is 24.3 Å². The van der Waals surface area contributed by atoms with Crippen molar-refractivity contribution in [3.05, 3.63) is 59.9 Å². The van der Waals surface area contributed by atoms with Crippen LogP contribution in [0.2, 0.25) is 0 Å². The van der Waals surface area contributed by atoms with Gasteiger partial charge in [-0.15, -0.1) is 0 Å². The number of amides is 1. The first-order valence-corrected chi connectivity index (χ1v) is 9.99. The first-order valence-electron chi connectivity index (χ1n) is 9.99. The van der Waals surface area contributed by atoms with E-state index in [4.69, 9.17) is 0 Å². The largest absolute Gasteiger partial charge is 0.396 e. The summed E-state index contributed by atoms with van der Waals surface area (Å²) >= 11 is 0. The first kappa shape index (κ1) is 19.1. The number of piperidine rings is 2. The number of fused-ring (bicyclic) bond motifs is 1. The average Bonchev–Trinajstić information content (AvgIpc) is 2.74. The number of rotatable bonds is 3. The first-order chi connectivity index (χ1) is 13.5. The van der Waals surface area contributed by atoms with Gasteiger partial charge in [0.05, 0.1) is 6.61 Å². The Bertz CT molecular complexity index is 854. The second kappa shape index (κ2) is 7.64. The molecule has 2 aliphatic rings. The molecular weight excluding hydrogens is 355 g/mol. The summed E-state index contributed by atoms with van der Waals surface area (Å²) in [6, 6.07) is 14.1. The Morgan fingerprint density at radius 1 is 1.14 bits per heavy atom. The van der Waals surface area contributed by atoms with Crippen molar-refractivity contribution in [2.75, 3.05) is 33.3 Å². The Balaban J connectivity index is 1.55. The normalized spacial score (nSPS) is 25.4. The molecule has 148 valence electrons. The molecule has 0 bridgehead atoms. The second-order valence-corrected chi connectivity index (χ2v) is 8.21. The topological polar surface area (TPSA) is 43.8 Å². The van der Waals surface area contributed by atoms with Crippen LogP contribution in [0.15, 0.2) is 48.5 Å². The molecule has 0 unspecified atom stereocenters. The molecule has 0 spiro atoms. The van der Waals surface area contributed by atoms with Crippen molar-refractivity contribution >= 4 is 5.91 Å². The average molecular weight is 382 g/mol. The van der Waals surface area contributed by atoms with Crippen LogP contribution >= 0.6 is 0 Å². The van der Waals surface area contributed by atoms with Gasteiger partial charge in [-0.3, -0.25) is 4.79 Å². The number of carbonyl (C=O) groups excluding carboxylic acids is 1. The molecule has 2 aliphatic heterocycles. The summed E-state index contributed by atoms with van der Waals surface area (Å²) in [6.45, 7) is 2.51. The number of hydrogen-bond donors (Lipinski definition) is 1. The van der Waals surface area contributed by atoms with Crippen LogP contribution < -0.4 is 0 Å². The van der Waals surface area contributed by atoms with Crippen LogP contribution in [-0.2, 0) is 0 Å². The molecule has 2 aromatic rings. The molecule has 0 aromatic heterocycles. The third kappa shape index (κ3) is 3.45. The Labute approximate surface area is 165 Å². The van der Waals surface area contributed by atoms with E-state index in [1.54, 1.807) is 12.1 Å². The molecule has 0 radical (unpaired) electrons. The van der Waals surface area contributed by atoms with Crippen molar-refractivity contribution < 1.29 is 14.3 Å². The monoisotopic (exact) mass is 382 g/mol. The molecule has 0 aliphatic carbocycles. The minimum Gasteiger partial charge on any atom is -0.396 e. The molecular formula is C23H27FN2O2. The van der Waals surface area contributed by atoms with Gasteiger partial charge in [0.25, 0.3) is 5.91 Å². The molecule has 1 N–H and O–H groups in total. The molecule has 2 atom stereocenters. The lowest BCUT2D eigenvalue weighted by Gasteiger charge is -2.53. The van der Waals surface area contributed by atoms with E-state index < -0.39 is 0 Å². The van der Waals surface area contributed by atoms with Crippen molar-refractivity contribution in [3.8, 4) is 11.1 Å². The molecule has 2 saturated heterocycles. The van der Waals surface area contributed by atoms with Crippen LogP contribution in [0.3, 0.4) is 0 Å². The number of carbonyl (C=O) groups is 1. The highest BCUT2D eigenvalue weighted by molar-refractivity contribution is 5.95. The smallest absolute Gasteiger partial charge is 0.253 e. The van der Waals surface area contributed by atoms with Gasteiger partial charge in [-0.2, -0.15) is 0 Å². The summed E-state index contributed by atoms with van der Waals surface area (Å²) in [6.07, 6.45) is 2.96. The number of benzene rings is 2. The summed E-state index contributed by atoms with van der Waals surface area (Å²) in [4.78, 5) is 17.4. The van der Waals surface area contributed by atoms with Crippen molar-refractivity contribution in [2.45, 2.75) is 25.3 Å². The molecule has 4 nitrogen and oxygen atoms in total. The Morgan fingerprint density at radius 3 is 2.68 bits per heavy atom. The second-order valence-electron chi connectivity index (χ2n) is 8.21. The summed E-state index contributed by atoms with van der Waals surface area (Å²) < 4.78 is 13.2. The summed E-state index contributed by atoms with van der Waals surface area (Å²) in [7, 11) is 2.09. The van der Waals surface area contributed by atoms with E-state index >= 15 is 0 Å². The molecule has 28 heavy (non-hydrogen) atoms. The van der Waals surface area contributed by atoms with Gasteiger partial charge in [0.15, 0.2) is 0 Å². The highest BCUT2D eigenvalue weighted by Gasteiger charge is 2.47.